The molecule has 0 aromatic carbocycles. The van der Waals surface area contributed by atoms with Gasteiger partial charge in [-0.2, -0.15) is 0 Å². The van der Waals surface area contributed by atoms with Crippen molar-refractivity contribution in [1.29, 1.82) is 0 Å². The zero-order chi connectivity index (χ0) is 12.8. The third-order valence-corrected chi connectivity index (χ3v) is 4.46. The summed E-state index contributed by atoms with van der Waals surface area (Å²) < 4.78 is 36.0. The van der Waals surface area contributed by atoms with E-state index in [0.29, 0.717) is 0 Å². The van der Waals surface area contributed by atoms with Crippen molar-refractivity contribution in [3.05, 3.63) is 30.9 Å². The van der Waals surface area contributed by atoms with Crippen molar-refractivity contribution in [2.45, 2.75) is 30.2 Å². The normalized spacial score (nSPS) is 19.2. The Kier molecular flexibility index (Phi) is 1.87. The third-order valence-electron chi connectivity index (χ3n) is 2.90. The quantitative estimate of drug-likeness (QED) is 0.891. The first-order valence-electron chi connectivity index (χ1n) is 6.00. The maximum atomic E-state index is 12.2. The van der Waals surface area contributed by atoms with Crippen LogP contribution >= 0.6 is 0 Å². The summed E-state index contributed by atoms with van der Waals surface area (Å²) in [6.45, 7) is 0.0829. The molecule has 1 aliphatic rings. The van der Waals surface area contributed by atoms with Crippen LogP contribution in [0, 0.1) is 0 Å². The number of aromatic nitrogens is 2. The highest BCUT2D eigenvalue weighted by Gasteiger charge is 2.41. The van der Waals surface area contributed by atoms with Crippen molar-refractivity contribution in [3.63, 3.8) is 0 Å². The maximum absolute atomic E-state index is 12.2. The summed E-state index contributed by atoms with van der Waals surface area (Å²) >= 11 is 0. The van der Waals surface area contributed by atoms with E-state index in [-0.39, 0.29) is 11.8 Å². The monoisotopic (exact) mass is 252 g/mol. The highest BCUT2D eigenvalue weighted by atomic mass is 32.2. The summed E-state index contributed by atoms with van der Waals surface area (Å²) in [4.78, 5) is 4.15. The SMILES string of the molecule is [2H]CC1(NS(=O)(=O)c2ccc3cncn3c2)CC1. The first-order chi connectivity index (χ1) is 8.55. The highest BCUT2D eigenvalue weighted by molar-refractivity contribution is 7.89. The molecule has 2 aromatic rings. The average molecular weight is 252 g/mol. The molecule has 6 heteroatoms. The van der Waals surface area contributed by atoms with Gasteiger partial charge in [-0.15, -0.1) is 0 Å². The van der Waals surface area contributed by atoms with E-state index in [1.54, 1.807) is 29.1 Å². The number of nitrogens with zero attached hydrogens (tertiary/aromatic N) is 2. The summed E-state index contributed by atoms with van der Waals surface area (Å²) in [6.07, 6.45) is 6.23. The van der Waals surface area contributed by atoms with Gasteiger partial charge < -0.3 is 4.40 Å². The number of hydrogen-bond acceptors (Lipinski definition) is 3. The van der Waals surface area contributed by atoms with Gasteiger partial charge in [0.15, 0.2) is 0 Å². The Balaban J connectivity index is 1.97. The molecule has 0 bridgehead atoms. The topological polar surface area (TPSA) is 63.5 Å². The van der Waals surface area contributed by atoms with Crippen LogP contribution in [0.3, 0.4) is 0 Å². The number of nitrogens with one attached hydrogen (secondary N) is 1. The number of pyridine rings is 1. The van der Waals surface area contributed by atoms with Crippen molar-refractivity contribution in [2.24, 2.45) is 0 Å². The van der Waals surface area contributed by atoms with Gasteiger partial charge in [-0.1, -0.05) is 0 Å². The molecular formula is C11H13N3O2S. The molecule has 1 aliphatic carbocycles. The molecule has 1 N–H and O–H groups in total. The second-order valence-corrected chi connectivity index (χ2v) is 6.16. The van der Waals surface area contributed by atoms with Gasteiger partial charge in [0.1, 0.15) is 0 Å². The van der Waals surface area contributed by atoms with E-state index in [1.807, 2.05) is 0 Å². The molecule has 0 amide bonds. The van der Waals surface area contributed by atoms with Crippen LogP contribution in [0.2, 0.25) is 0 Å². The smallest absolute Gasteiger partial charge is 0.242 e. The summed E-state index contributed by atoms with van der Waals surface area (Å²) in [6, 6.07) is 3.27. The molecule has 1 saturated carbocycles. The summed E-state index contributed by atoms with van der Waals surface area (Å²) in [5.74, 6) is 0. The molecule has 2 aromatic heterocycles. The number of rotatable bonds is 3. The number of hydrogen-bond donors (Lipinski definition) is 1. The van der Waals surface area contributed by atoms with E-state index < -0.39 is 15.6 Å². The van der Waals surface area contributed by atoms with E-state index in [2.05, 4.69) is 9.71 Å². The lowest BCUT2D eigenvalue weighted by molar-refractivity contribution is 0.557. The minimum Gasteiger partial charge on any atom is -0.305 e. The largest absolute Gasteiger partial charge is 0.305 e. The summed E-state index contributed by atoms with van der Waals surface area (Å²) in [5, 5.41) is 0. The van der Waals surface area contributed by atoms with Crippen LogP contribution < -0.4 is 4.72 Å². The van der Waals surface area contributed by atoms with E-state index in [1.165, 1.54) is 6.20 Å². The van der Waals surface area contributed by atoms with E-state index in [4.69, 9.17) is 1.37 Å². The van der Waals surface area contributed by atoms with Gasteiger partial charge in [-0.3, -0.25) is 0 Å². The van der Waals surface area contributed by atoms with Crippen molar-refractivity contribution in [3.8, 4) is 0 Å². The van der Waals surface area contributed by atoms with E-state index >= 15 is 0 Å². The standard InChI is InChI=1S/C11H13N3O2S/c1-11(4-5-11)13-17(15,16)10-3-2-9-6-12-8-14(9)7-10/h2-3,6-8,13H,4-5H2,1H3/i1D. The summed E-state index contributed by atoms with van der Waals surface area (Å²) in [5.41, 5.74) is 0.304. The van der Waals surface area contributed by atoms with Crippen LogP contribution in [0.4, 0.5) is 0 Å². The fourth-order valence-corrected chi connectivity index (χ4v) is 3.05. The molecule has 2 heterocycles. The Morgan fingerprint density at radius 1 is 1.53 bits per heavy atom. The van der Waals surface area contributed by atoms with Gasteiger partial charge in [-0.05, 0) is 31.9 Å². The number of sulfonamides is 1. The molecule has 0 unspecified atom stereocenters. The van der Waals surface area contributed by atoms with Crippen LogP contribution in [-0.4, -0.2) is 23.3 Å². The lowest BCUT2D eigenvalue weighted by Gasteiger charge is -2.12. The Labute approximate surface area is 101 Å². The summed E-state index contributed by atoms with van der Waals surface area (Å²) in [7, 11) is -3.56. The lowest BCUT2D eigenvalue weighted by Crippen LogP contribution is -2.34. The number of imidazole rings is 1. The first-order valence-corrected chi connectivity index (χ1v) is 6.78. The minimum atomic E-state index is -3.56. The van der Waals surface area contributed by atoms with Crippen molar-refractivity contribution in [2.75, 3.05) is 0 Å². The predicted octanol–water partition coefficient (Wildman–Crippen LogP) is 1.17. The molecule has 17 heavy (non-hydrogen) atoms. The Bertz CT molecular complexity index is 691. The lowest BCUT2D eigenvalue weighted by atomic mass is 10.4. The van der Waals surface area contributed by atoms with Gasteiger partial charge in [0.2, 0.25) is 10.0 Å². The zero-order valence-electron chi connectivity index (χ0n) is 10.1. The third kappa shape index (κ3) is 1.94. The van der Waals surface area contributed by atoms with Crippen molar-refractivity contribution in [1.82, 2.24) is 14.1 Å². The molecule has 5 nitrogen and oxygen atoms in total. The molecule has 3 rings (SSSR count). The van der Waals surface area contributed by atoms with Gasteiger partial charge in [0, 0.05) is 13.1 Å². The van der Waals surface area contributed by atoms with E-state index in [0.717, 1.165) is 18.4 Å². The Morgan fingerprint density at radius 2 is 2.35 bits per heavy atom. The Hall–Kier alpha value is -1.40. The first kappa shape index (κ1) is 9.61. The predicted molar refractivity (Wildman–Crippen MR) is 63.2 cm³/mol. The van der Waals surface area contributed by atoms with Crippen molar-refractivity contribution < 1.29 is 9.79 Å². The zero-order valence-corrected chi connectivity index (χ0v) is 9.94. The molecule has 90 valence electrons. The van der Waals surface area contributed by atoms with Crippen LogP contribution in [0.15, 0.2) is 35.7 Å². The molecular weight excluding hydrogens is 238 g/mol. The van der Waals surface area contributed by atoms with Crippen LogP contribution in [0.1, 0.15) is 21.1 Å². The maximum Gasteiger partial charge on any atom is 0.242 e. The van der Waals surface area contributed by atoms with Gasteiger partial charge in [0.25, 0.3) is 0 Å². The van der Waals surface area contributed by atoms with E-state index in [9.17, 15) is 8.42 Å². The number of fused-ring (bicyclic) bond motifs is 1. The second kappa shape index (κ2) is 3.30. The minimum absolute atomic E-state index is 0.0829. The molecule has 0 saturated heterocycles. The van der Waals surface area contributed by atoms with Gasteiger partial charge in [0.05, 0.1) is 22.9 Å². The fourth-order valence-electron chi connectivity index (χ4n) is 1.66. The van der Waals surface area contributed by atoms with Crippen LogP contribution in [-0.2, 0) is 10.0 Å². The molecule has 1 fully saturated rings. The van der Waals surface area contributed by atoms with Crippen LogP contribution in [0.5, 0.6) is 0 Å². The molecule has 0 spiro atoms. The van der Waals surface area contributed by atoms with Gasteiger partial charge in [-0.25, -0.2) is 18.1 Å². The van der Waals surface area contributed by atoms with Crippen molar-refractivity contribution >= 4 is 15.5 Å². The fraction of sp³-hybridized carbons (Fsp3) is 0.364. The van der Waals surface area contributed by atoms with Gasteiger partial charge >= 0.3 is 0 Å². The highest BCUT2D eigenvalue weighted by Crippen LogP contribution is 2.35. The Morgan fingerprint density at radius 3 is 3.06 bits per heavy atom. The molecule has 0 aliphatic heterocycles. The second-order valence-electron chi connectivity index (χ2n) is 4.48. The molecule has 0 atom stereocenters. The average Bonchev–Trinajstić information content (AvgIpc) is 2.95. The molecule has 0 radical (unpaired) electrons. The van der Waals surface area contributed by atoms with Crippen LogP contribution in [0.25, 0.3) is 5.52 Å².